The van der Waals surface area contributed by atoms with Crippen molar-refractivity contribution < 1.29 is 8.78 Å². The quantitative estimate of drug-likeness (QED) is 0.634. The van der Waals surface area contributed by atoms with Gasteiger partial charge >= 0.3 is 0 Å². The van der Waals surface area contributed by atoms with E-state index in [9.17, 15) is 8.78 Å². The van der Waals surface area contributed by atoms with E-state index < -0.39 is 11.8 Å². The van der Waals surface area contributed by atoms with Crippen LogP contribution in [-0.2, 0) is 0 Å². The molecule has 0 radical (unpaired) electrons. The minimum absolute atomic E-state index is 0. The summed E-state index contributed by atoms with van der Waals surface area (Å²) in [5.41, 5.74) is 4.78. The summed E-state index contributed by atoms with van der Waals surface area (Å²) in [6.07, 6.45) is -0.476. The van der Waals surface area contributed by atoms with E-state index in [-0.39, 0.29) is 17.9 Å². The predicted octanol–water partition coefficient (Wildman–Crippen LogP) is 1.55. The lowest BCUT2D eigenvalue weighted by Gasteiger charge is -2.68. The third-order valence-electron chi connectivity index (χ3n) is 2.58. The highest BCUT2D eigenvalue weighted by Crippen LogP contribution is 2.68. The van der Waals surface area contributed by atoms with Gasteiger partial charge < -0.3 is 5.73 Å². The molecule has 3 rings (SSSR count). The highest BCUT2D eigenvalue weighted by atomic mass is 35.5. The van der Waals surface area contributed by atoms with Crippen molar-refractivity contribution in [3.05, 3.63) is 0 Å². The number of hydrogen-bond acceptors (Lipinski definition) is 1. The third-order valence-corrected chi connectivity index (χ3v) is 2.58. The molecule has 0 amide bonds. The molecule has 0 aromatic rings. The smallest absolute Gasteiger partial charge is 0.244 e. The second-order valence-electron chi connectivity index (χ2n) is 3.56. The minimum Gasteiger partial charge on any atom is -0.325 e. The Bertz CT molecular complexity index is 140. The molecule has 3 aliphatic rings. The van der Waals surface area contributed by atoms with E-state index in [1.54, 1.807) is 0 Å². The van der Waals surface area contributed by atoms with Gasteiger partial charge in [-0.1, -0.05) is 0 Å². The Labute approximate surface area is 64.4 Å². The number of alkyl halides is 2. The zero-order valence-electron chi connectivity index (χ0n) is 5.44. The molecule has 60 valence electrons. The van der Waals surface area contributed by atoms with Crippen molar-refractivity contribution in [2.24, 2.45) is 11.1 Å². The molecule has 4 heteroatoms. The normalized spacial score (nSPS) is 49.2. The topological polar surface area (TPSA) is 26.0 Å². The largest absolute Gasteiger partial charge is 0.325 e. The standard InChI is InChI=1S/C6H9F2N.ClH/c7-4(8)5-1-6(9,2-5)3-5;/h4H,1-3,9H2;1H. The van der Waals surface area contributed by atoms with E-state index in [2.05, 4.69) is 0 Å². The van der Waals surface area contributed by atoms with Crippen LogP contribution in [0.3, 0.4) is 0 Å². The highest BCUT2D eigenvalue weighted by Gasteiger charge is 2.70. The maximum atomic E-state index is 12.0. The lowest BCUT2D eigenvalue weighted by atomic mass is 9.40. The van der Waals surface area contributed by atoms with Gasteiger partial charge in [-0.15, -0.1) is 12.4 Å². The predicted molar refractivity (Wildman–Crippen MR) is 36.5 cm³/mol. The van der Waals surface area contributed by atoms with Crippen molar-refractivity contribution in [2.45, 2.75) is 31.2 Å². The molecule has 0 aliphatic heterocycles. The van der Waals surface area contributed by atoms with Crippen LogP contribution >= 0.6 is 12.4 Å². The van der Waals surface area contributed by atoms with Crippen LogP contribution < -0.4 is 5.73 Å². The molecule has 0 aromatic heterocycles. The molecule has 1 nitrogen and oxygen atoms in total. The third kappa shape index (κ3) is 0.705. The van der Waals surface area contributed by atoms with Crippen molar-refractivity contribution >= 4 is 12.4 Å². The van der Waals surface area contributed by atoms with E-state index in [1.165, 1.54) is 0 Å². The zero-order chi connectivity index (χ0) is 6.70. The van der Waals surface area contributed by atoms with Crippen LogP contribution in [0.15, 0.2) is 0 Å². The summed E-state index contributed by atoms with van der Waals surface area (Å²) in [6.45, 7) is 0. The molecular weight excluding hydrogens is 160 g/mol. The first-order valence-corrected chi connectivity index (χ1v) is 3.14. The van der Waals surface area contributed by atoms with Gasteiger partial charge in [-0.05, 0) is 19.3 Å². The fourth-order valence-corrected chi connectivity index (χ4v) is 2.18. The summed E-state index contributed by atoms with van der Waals surface area (Å²) in [5.74, 6) is 0. The first kappa shape index (κ1) is 8.21. The van der Waals surface area contributed by atoms with Gasteiger partial charge in [-0.25, -0.2) is 8.78 Å². The molecule has 2 N–H and O–H groups in total. The molecule has 0 atom stereocenters. The van der Waals surface area contributed by atoms with Gasteiger partial charge in [0.05, 0.1) is 0 Å². The van der Waals surface area contributed by atoms with Crippen molar-refractivity contribution in [3.63, 3.8) is 0 Å². The molecule has 0 spiro atoms. The van der Waals surface area contributed by atoms with Gasteiger partial charge in [0.15, 0.2) is 0 Å². The number of nitrogens with two attached hydrogens (primary N) is 1. The van der Waals surface area contributed by atoms with Gasteiger partial charge in [0, 0.05) is 11.0 Å². The average Bonchev–Trinajstić information content (AvgIpc) is 1.54. The van der Waals surface area contributed by atoms with Crippen LogP contribution in [0.1, 0.15) is 19.3 Å². The van der Waals surface area contributed by atoms with Crippen LogP contribution in [0.2, 0.25) is 0 Å². The van der Waals surface area contributed by atoms with E-state index in [1.807, 2.05) is 0 Å². The van der Waals surface area contributed by atoms with Gasteiger partial charge in [-0.3, -0.25) is 0 Å². The first-order valence-electron chi connectivity index (χ1n) is 3.14. The number of rotatable bonds is 1. The molecule has 0 heterocycles. The zero-order valence-corrected chi connectivity index (χ0v) is 6.26. The second kappa shape index (κ2) is 1.83. The van der Waals surface area contributed by atoms with Crippen LogP contribution in [-0.4, -0.2) is 12.0 Å². The molecule has 0 saturated heterocycles. The van der Waals surface area contributed by atoms with Crippen molar-refractivity contribution in [2.75, 3.05) is 0 Å². The summed E-state index contributed by atoms with van der Waals surface area (Å²) in [7, 11) is 0. The first-order chi connectivity index (χ1) is 4.06. The van der Waals surface area contributed by atoms with Gasteiger partial charge in [0.25, 0.3) is 0 Å². The second-order valence-corrected chi connectivity index (χ2v) is 3.56. The molecule has 0 aromatic carbocycles. The van der Waals surface area contributed by atoms with Crippen molar-refractivity contribution in [1.29, 1.82) is 0 Å². The lowest BCUT2D eigenvalue weighted by molar-refractivity contribution is -0.213. The fourth-order valence-electron chi connectivity index (χ4n) is 2.18. The average molecular weight is 170 g/mol. The maximum Gasteiger partial charge on any atom is 0.244 e. The van der Waals surface area contributed by atoms with Gasteiger partial charge in [-0.2, -0.15) is 0 Å². The molecule has 3 fully saturated rings. The van der Waals surface area contributed by atoms with Crippen LogP contribution in [0.5, 0.6) is 0 Å². The molecule has 2 bridgehead atoms. The van der Waals surface area contributed by atoms with Crippen molar-refractivity contribution in [3.8, 4) is 0 Å². The van der Waals surface area contributed by atoms with E-state index in [4.69, 9.17) is 5.73 Å². The summed E-state index contributed by atoms with van der Waals surface area (Å²) in [6, 6.07) is 0. The van der Waals surface area contributed by atoms with Gasteiger partial charge in [0.1, 0.15) is 0 Å². The lowest BCUT2D eigenvalue weighted by Crippen LogP contribution is -2.74. The number of hydrogen-bond donors (Lipinski definition) is 1. The fraction of sp³-hybridized carbons (Fsp3) is 1.00. The Morgan fingerprint density at radius 3 is 1.70 bits per heavy atom. The molecule has 3 aliphatic carbocycles. The molecular formula is C6H10ClF2N. The van der Waals surface area contributed by atoms with Gasteiger partial charge in [0.2, 0.25) is 6.43 Å². The Morgan fingerprint density at radius 1 is 1.20 bits per heavy atom. The van der Waals surface area contributed by atoms with E-state index >= 15 is 0 Å². The van der Waals surface area contributed by atoms with Crippen LogP contribution in [0, 0.1) is 5.41 Å². The Hall–Kier alpha value is 0.110. The van der Waals surface area contributed by atoms with Crippen LogP contribution in [0.4, 0.5) is 8.78 Å². The van der Waals surface area contributed by atoms with E-state index in [0.29, 0.717) is 19.3 Å². The Balaban J connectivity index is 0.000000500. The molecule has 0 unspecified atom stereocenters. The Kier molecular flexibility index (Phi) is 1.50. The summed E-state index contributed by atoms with van der Waals surface area (Å²) in [5, 5.41) is 0. The summed E-state index contributed by atoms with van der Waals surface area (Å²) < 4.78 is 24.0. The monoisotopic (exact) mass is 169 g/mol. The van der Waals surface area contributed by atoms with E-state index in [0.717, 1.165) is 0 Å². The minimum atomic E-state index is -2.14. The summed E-state index contributed by atoms with van der Waals surface area (Å²) in [4.78, 5) is 0. The SMILES string of the molecule is Cl.NC12CC(C(F)F)(C1)C2. The highest BCUT2D eigenvalue weighted by molar-refractivity contribution is 5.85. The van der Waals surface area contributed by atoms with Crippen molar-refractivity contribution in [1.82, 2.24) is 0 Å². The molecule has 3 saturated carbocycles. The number of halogens is 3. The maximum absolute atomic E-state index is 12.0. The van der Waals surface area contributed by atoms with Crippen LogP contribution in [0.25, 0.3) is 0 Å². The Morgan fingerprint density at radius 2 is 1.60 bits per heavy atom. The molecule has 10 heavy (non-hydrogen) atoms. The summed E-state index contributed by atoms with van der Waals surface area (Å²) >= 11 is 0.